The highest BCUT2D eigenvalue weighted by atomic mass is 16.5. The van der Waals surface area contributed by atoms with Gasteiger partial charge in [0.15, 0.2) is 0 Å². The van der Waals surface area contributed by atoms with Crippen LogP contribution in [0, 0.1) is 11.8 Å². The second-order valence-electron chi connectivity index (χ2n) is 5.16. The average molecular weight is 277 g/mol. The minimum absolute atomic E-state index is 0.236. The van der Waals surface area contributed by atoms with Crippen LogP contribution < -0.4 is 5.32 Å². The Morgan fingerprint density at radius 1 is 1.25 bits per heavy atom. The van der Waals surface area contributed by atoms with Gasteiger partial charge in [-0.25, -0.2) is 4.79 Å². The molecule has 2 atom stereocenters. The summed E-state index contributed by atoms with van der Waals surface area (Å²) >= 11 is 0. The molecule has 20 heavy (non-hydrogen) atoms. The fraction of sp³-hybridized carbons (Fsp3) is 0.467. The summed E-state index contributed by atoms with van der Waals surface area (Å²) in [6.45, 7) is 0.729. The van der Waals surface area contributed by atoms with Gasteiger partial charge in [0.1, 0.15) is 6.61 Å². The SMILES string of the molecule is O=C(NC[C@H]1CC[C@@H](C(=O)O)C1)OCc1ccccc1. The van der Waals surface area contributed by atoms with E-state index in [-0.39, 0.29) is 18.4 Å². The van der Waals surface area contributed by atoms with Crippen LogP contribution in [-0.2, 0) is 16.1 Å². The van der Waals surface area contributed by atoms with Crippen LogP contribution in [0.4, 0.5) is 4.79 Å². The van der Waals surface area contributed by atoms with Crippen molar-refractivity contribution in [2.24, 2.45) is 11.8 Å². The highest BCUT2D eigenvalue weighted by Crippen LogP contribution is 2.30. The van der Waals surface area contributed by atoms with Crippen molar-refractivity contribution in [3.05, 3.63) is 35.9 Å². The van der Waals surface area contributed by atoms with Crippen molar-refractivity contribution in [3.8, 4) is 0 Å². The molecule has 2 rings (SSSR count). The molecule has 5 nitrogen and oxygen atoms in total. The summed E-state index contributed by atoms with van der Waals surface area (Å²) < 4.78 is 5.10. The van der Waals surface area contributed by atoms with Crippen LogP contribution in [0.2, 0.25) is 0 Å². The Hall–Kier alpha value is -2.04. The van der Waals surface area contributed by atoms with Crippen molar-refractivity contribution in [3.63, 3.8) is 0 Å². The molecule has 1 amide bonds. The summed E-state index contributed by atoms with van der Waals surface area (Å²) in [5.74, 6) is -0.762. The van der Waals surface area contributed by atoms with Crippen LogP contribution in [0.25, 0.3) is 0 Å². The van der Waals surface area contributed by atoms with Gasteiger partial charge >= 0.3 is 12.1 Å². The van der Waals surface area contributed by atoms with Crippen LogP contribution in [0.15, 0.2) is 30.3 Å². The van der Waals surface area contributed by atoms with Gasteiger partial charge in [-0.2, -0.15) is 0 Å². The first kappa shape index (κ1) is 14.4. The third-order valence-electron chi connectivity index (χ3n) is 3.64. The number of carboxylic acids is 1. The van der Waals surface area contributed by atoms with Gasteiger partial charge in [-0.1, -0.05) is 30.3 Å². The van der Waals surface area contributed by atoms with E-state index >= 15 is 0 Å². The van der Waals surface area contributed by atoms with Crippen molar-refractivity contribution in [2.75, 3.05) is 6.54 Å². The quantitative estimate of drug-likeness (QED) is 0.866. The van der Waals surface area contributed by atoms with E-state index in [0.29, 0.717) is 19.4 Å². The fourth-order valence-electron chi connectivity index (χ4n) is 2.49. The number of hydrogen-bond acceptors (Lipinski definition) is 3. The van der Waals surface area contributed by atoms with E-state index < -0.39 is 12.1 Å². The molecule has 0 unspecified atom stereocenters. The van der Waals surface area contributed by atoms with Crippen LogP contribution in [-0.4, -0.2) is 23.7 Å². The monoisotopic (exact) mass is 277 g/mol. The van der Waals surface area contributed by atoms with E-state index in [4.69, 9.17) is 9.84 Å². The maximum Gasteiger partial charge on any atom is 0.407 e. The Kier molecular flexibility index (Phi) is 4.98. The molecule has 0 radical (unpaired) electrons. The summed E-state index contributed by atoms with van der Waals surface area (Å²) in [5.41, 5.74) is 0.939. The molecule has 0 saturated heterocycles. The largest absolute Gasteiger partial charge is 0.481 e. The minimum atomic E-state index is -0.737. The predicted molar refractivity (Wildman–Crippen MR) is 73.1 cm³/mol. The standard InChI is InChI=1S/C15H19NO4/c17-14(18)13-7-6-12(8-13)9-16-15(19)20-10-11-4-2-1-3-5-11/h1-5,12-13H,6-10H2,(H,16,19)(H,17,18)/t12-,13+/m0/s1. The molecule has 5 heteroatoms. The molecule has 1 saturated carbocycles. The number of rotatable bonds is 5. The molecule has 0 heterocycles. The maximum atomic E-state index is 11.5. The Labute approximate surface area is 117 Å². The first-order valence-electron chi connectivity index (χ1n) is 6.82. The molecule has 1 aliphatic rings. The lowest BCUT2D eigenvalue weighted by Gasteiger charge is -2.11. The van der Waals surface area contributed by atoms with Crippen LogP contribution in [0.3, 0.4) is 0 Å². The minimum Gasteiger partial charge on any atom is -0.481 e. The lowest BCUT2D eigenvalue weighted by Crippen LogP contribution is -2.29. The summed E-state index contributed by atoms with van der Waals surface area (Å²) in [7, 11) is 0. The smallest absolute Gasteiger partial charge is 0.407 e. The number of nitrogens with one attached hydrogen (secondary N) is 1. The molecule has 0 bridgehead atoms. The van der Waals surface area contributed by atoms with E-state index in [1.165, 1.54) is 0 Å². The lowest BCUT2D eigenvalue weighted by molar-refractivity contribution is -0.141. The van der Waals surface area contributed by atoms with Crippen molar-refractivity contribution in [2.45, 2.75) is 25.9 Å². The molecule has 0 spiro atoms. The zero-order valence-electron chi connectivity index (χ0n) is 11.2. The number of carbonyl (C=O) groups excluding carboxylic acids is 1. The Balaban J connectivity index is 1.65. The normalized spacial score (nSPS) is 21.4. The average Bonchev–Trinajstić information content (AvgIpc) is 2.93. The number of carboxylic acid groups (broad SMARTS) is 1. The molecule has 2 N–H and O–H groups in total. The van der Waals surface area contributed by atoms with Gasteiger partial charge in [-0.05, 0) is 30.7 Å². The third-order valence-corrected chi connectivity index (χ3v) is 3.64. The number of amides is 1. The van der Waals surface area contributed by atoms with Crippen molar-refractivity contribution < 1.29 is 19.4 Å². The fourth-order valence-corrected chi connectivity index (χ4v) is 2.49. The zero-order chi connectivity index (χ0) is 14.4. The van der Waals surface area contributed by atoms with E-state index in [2.05, 4.69) is 5.32 Å². The number of benzene rings is 1. The van der Waals surface area contributed by atoms with Crippen LogP contribution in [0.1, 0.15) is 24.8 Å². The summed E-state index contributed by atoms with van der Waals surface area (Å²) in [4.78, 5) is 22.4. The number of ether oxygens (including phenoxy) is 1. The molecule has 1 aromatic rings. The highest BCUT2D eigenvalue weighted by molar-refractivity contribution is 5.70. The van der Waals surface area contributed by atoms with E-state index in [0.717, 1.165) is 12.0 Å². The molecule has 1 fully saturated rings. The maximum absolute atomic E-state index is 11.5. The number of alkyl carbamates (subject to hydrolysis) is 1. The van der Waals surface area contributed by atoms with E-state index in [9.17, 15) is 9.59 Å². The van der Waals surface area contributed by atoms with Gasteiger partial charge in [-0.15, -0.1) is 0 Å². The van der Waals surface area contributed by atoms with Crippen LogP contribution in [0.5, 0.6) is 0 Å². The third kappa shape index (κ3) is 4.26. The van der Waals surface area contributed by atoms with Gasteiger partial charge in [0.2, 0.25) is 0 Å². The Bertz CT molecular complexity index is 460. The molecule has 1 aliphatic carbocycles. The van der Waals surface area contributed by atoms with Crippen molar-refractivity contribution in [1.29, 1.82) is 0 Å². The Morgan fingerprint density at radius 3 is 2.65 bits per heavy atom. The van der Waals surface area contributed by atoms with Gasteiger partial charge < -0.3 is 15.2 Å². The van der Waals surface area contributed by atoms with E-state index in [1.807, 2.05) is 30.3 Å². The predicted octanol–water partition coefficient (Wildman–Crippen LogP) is 2.41. The van der Waals surface area contributed by atoms with Crippen molar-refractivity contribution >= 4 is 12.1 Å². The topological polar surface area (TPSA) is 75.6 Å². The Morgan fingerprint density at radius 2 is 2.00 bits per heavy atom. The second-order valence-corrected chi connectivity index (χ2v) is 5.16. The number of aliphatic carboxylic acids is 1. The van der Waals surface area contributed by atoms with Gasteiger partial charge in [0, 0.05) is 6.54 Å². The van der Waals surface area contributed by atoms with Crippen molar-refractivity contribution in [1.82, 2.24) is 5.32 Å². The number of carbonyl (C=O) groups is 2. The van der Waals surface area contributed by atoms with Gasteiger partial charge in [-0.3, -0.25) is 4.79 Å². The highest BCUT2D eigenvalue weighted by Gasteiger charge is 2.29. The van der Waals surface area contributed by atoms with Gasteiger partial charge in [0.25, 0.3) is 0 Å². The summed E-state index contributed by atoms with van der Waals surface area (Å²) in [5, 5.41) is 11.6. The molecule has 0 aliphatic heterocycles. The molecular weight excluding hydrogens is 258 g/mol. The second kappa shape index (κ2) is 6.93. The van der Waals surface area contributed by atoms with Gasteiger partial charge in [0.05, 0.1) is 5.92 Å². The summed E-state index contributed by atoms with van der Waals surface area (Å²) in [6.07, 6.45) is 1.72. The molecule has 1 aromatic carbocycles. The van der Waals surface area contributed by atoms with Crippen LogP contribution >= 0.6 is 0 Å². The molecule has 108 valence electrons. The molecule has 0 aromatic heterocycles. The molecular formula is C15H19NO4. The first-order chi connectivity index (χ1) is 9.65. The number of hydrogen-bond donors (Lipinski definition) is 2. The zero-order valence-corrected chi connectivity index (χ0v) is 11.2. The summed E-state index contributed by atoms with van der Waals surface area (Å²) in [6, 6.07) is 9.47. The first-order valence-corrected chi connectivity index (χ1v) is 6.82. The lowest BCUT2D eigenvalue weighted by atomic mass is 10.1. The van der Waals surface area contributed by atoms with E-state index in [1.54, 1.807) is 0 Å².